The highest BCUT2D eigenvalue weighted by atomic mass is 35.5. The normalized spacial score (nSPS) is 17.2. The number of carbonyl (C=O) groups is 2. The maximum atomic E-state index is 12.4. The zero-order valence-electron chi connectivity index (χ0n) is 12.4. The quantitative estimate of drug-likeness (QED) is 0.839. The van der Waals surface area contributed by atoms with Crippen LogP contribution in [0.15, 0.2) is 42.5 Å². The Morgan fingerprint density at radius 2 is 1.71 bits per heavy atom. The molecule has 1 unspecified atom stereocenters. The molecule has 1 fully saturated rings. The summed E-state index contributed by atoms with van der Waals surface area (Å²) in [5.74, 6) is -0.818. The van der Waals surface area contributed by atoms with Crippen LogP contribution in [-0.4, -0.2) is 18.4 Å². The fraction of sp³-hybridized carbons (Fsp3) is 0.176. The number of benzene rings is 2. The Morgan fingerprint density at radius 3 is 2.42 bits per heavy atom. The summed E-state index contributed by atoms with van der Waals surface area (Å²) in [6, 6.07) is 11.8. The molecule has 2 amide bonds. The summed E-state index contributed by atoms with van der Waals surface area (Å²) in [5.41, 5.74) is 1.16. The minimum atomic E-state index is -0.455. The van der Waals surface area contributed by atoms with Gasteiger partial charge in [0.1, 0.15) is 0 Å². The number of amides is 2. The number of nitrogens with zero attached hydrogens (tertiary/aromatic N) is 1. The van der Waals surface area contributed by atoms with Crippen LogP contribution in [0, 0.1) is 5.92 Å². The van der Waals surface area contributed by atoms with E-state index in [0.717, 1.165) is 5.69 Å². The smallest absolute Gasteiger partial charge is 0.229 e. The fourth-order valence-corrected chi connectivity index (χ4v) is 3.04. The monoisotopic (exact) mass is 382 g/mol. The molecule has 1 saturated heterocycles. The molecule has 0 bridgehead atoms. The highest BCUT2D eigenvalue weighted by Crippen LogP contribution is 2.29. The van der Waals surface area contributed by atoms with Crippen molar-refractivity contribution in [1.82, 2.24) is 0 Å². The van der Waals surface area contributed by atoms with E-state index < -0.39 is 5.92 Å². The molecule has 2 aromatic carbocycles. The lowest BCUT2D eigenvalue weighted by Gasteiger charge is -2.17. The van der Waals surface area contributed by atoms with Crippen molar-refractivity contribution in [2.75, 3.05) is 16.8 Å². The van der Waals surface area contributed by atoms with Crippen molar-refractivity contribution >= 4 is 58.0 Å². The topological polar surface area (TPSA) is 49.4 Å². The van der Waals surface area contributed by atoms with Crippen LogP contribution in [-0.2, 0) is 9.59 Å². The van der Waals surface area contributed by atoms with Crippen molar-refractivity contribution in [2.24, 2.45) is 5.92 Å². The highest BCUT2D eigenvalue weighted by molar-refractivity contribution is 6.35. The maximum absolute atomic E-state index is 12.4. The zero-order chi connectivity index (χ0) is 17.3. The van der Waals surface area contributed by atoms with Crippen LogP contribution in [0.2, 0.25) is 15.1 Å². The molecule has 0 aromatic heterocycles. The second-order valence-corrected chi connectivity index (χ2v) is 6.78. The Kier molecular flexibility index (Phi) is 4.99. The van der Waals surface area contributed by atoms with E-state index in [4.69, 9.17) is 34.8 Å². The Balaban J connectivity index is 1.72. The molecule has 124 valence electrons. The third-order valence-electron chi connectivity index (χ3n) is 3.82. The Hall–Kier alpha value is -1.75. The minimum Gasteiger partial charge on any atom is -0.324 e. The average molecular weight is 384 g/mol. The number of anilines is 2. The van der Waals surface area contributed by atoms with Crippen molar-refractivity contribution in [3.8, 4) is 0 Å². The SMILES string of the molecule is O=C(Nc1cc(Cl)ccc1Cl)C1CC(=O)N(c2ccc(Cl)cc2)C1. The minimum absolute atomic E-state index is 0.102. The van der Waals surface area contributed by atoms with Crippen molar-refractivity contribution in [3.05, 3.63) is 57.5 Å². The van der Waals surface area contributed by atoms with E-state index in [-0.39, 0.29) is 18.2 Å². The molecule has 0 aliphatic carbocycles. The number of hydrogen-bond donors (Lipinski definition) is 1. The number of nitrogens with one attached hydrogen (secondary N) is 1. The summed E-state index contributed by atoms with van der Waals surface area (Å²) in [6.07, 6.45) is 0.145. The van der Waals surface area contributed by atoms with Crippen LogP contribution in [0.25, 0.3) is 0 Å². The Morgan fingerprint density at radius 1 is 1.04 bits per heavy atom. The van der Waals surface area contributed by atoms with Gasteiger partial charge in [-0.1, -0.05) is 34.8 Å². The van der Waals surface area contributed by atoms with Gasteiger partial charge in [0.15, 0.2) is 0 Å². The first-order valence-corrected chi connectivity index (χ1v) is 8.39. The van der Waals surface area contributed by atoms with Crippen LogP contribution < -0.4 is 10.2 Å². The van der Waals surface area contributed by atoms with Gasteiger partial charge in [-0.05, 0) is 42.5 Å². The molecule has 3 rings (SSSR count). The summed E-state index contributed by atoms with van der Waals surface area (Å²) in [4.78, 5) is 26.2. The predicted octanol–water partition coefficient (Wildman–Crippen LogP) is 4.64. The fourth-order valence-electron chi connectivity index (χ4n) is 2.58. The molecule has 1 aliphatic heterocycles. The number of halogens is 3. The number of rotatable bonds is 3. The molecule has 1 heterocycles. The third kappa shape index (κ3) is 3.66. The predicted molar refractivity (Wildman–Crippen MR) is 97.0 cm³/mol. The van der Waals surface area contributed by atoms with Gasteiger partial charge in [0.25, 0.3) is 0 Å². The van der Waals surface area contributed by atoms with Crippen molar-refractivity contribution in [3.63, 3.8) is 0 Å². The third-order valence-corrected chi connectivity index (χ3v) is 4.64. The van der Waals surface area contributed by atoms with E-state index in [1.54, 1.807) is 47.4 Å². The van der Waals surface area contributed by atoms with Crippen LogP contribution in [0.3, 0.4) is 0 Å². The van der Waals surface area contributed by atoms with E-state index in [0.29, 0.717) is 27.3 Å². The summed E-state index contributed by atoms with van der Waals surface area (Å²) in [7, 11) is 0. The van der Waals surface area contributed by atoms with E-state index >= 15 is 0 Å². The van der Waals surface area contributed by atoms with Gasteiger partial charge in [-0.2, -0.15) is 0 Å². The van der Waals surface area contributed by atoms with Crippen LogP contribution in [0.1, 0.15) is 6.42 Å². The Bertz CT molecular complexity index is 793. The standard InChI is InChI=1S/C17H13Cl3N2O2/c18-11-1-4-13(5-2-11)22-9-10(7-16(22)23)17(24)21-15-8-12(19)3-6-14(15)20/h1-6,8,10H,7,9H2,(H,21,24). The lowest BCUT2D eigenvalue weighted by molar-refractivity contribution is -0.122. The summed E-state index contributed by atoms with van der Waals surface area (Å²) in [5, 5.41) is 4.20. The molecule has 24 heavy (non-hydrogen) atoms. The number of carbonyl (C=O) groups excluding carboxylic acids is 2. The largest absolute Gasteiger partial charge is 0.324 e. The van der Waals surface area contributed by atoms with Crippen LogP contribution in [0.5, 0.6) is 0 Å². The maximum Gasteiger partial charge on any atom is 0.229 e. The molecular weight excluding hydrogens is 371 g/mol. The first kappa shape index (κ1) is 17.1. The summed E-state index contributed by atoms with van der Waals surface area (Å²) < 4.78 is 0. The molecular formula is C17H13Cl3N2O2. The van der Waals surface area contributed by atoms with Gasteiger partial charge in [-0.15, -0.1) is 0 Å². The van der Waals surface area contributed by atoms with E-state index in [9.17, 15) is 9.59 Å². The van der Waals surface area contributed by atoms with Gasteiger partial charge in [0.2, 0.25) is 11.8 Å². The molecule has 1 atom stereocenters. The molecule has 7 heteroatoms. The van der Waals surface area contributed by atoms with E-state index in [1.165, 1.54) is 0 Å². The van der Waals surface area contributed by atoms with Crippen molar-refractivity contribution in [2.45, 2.75) is 6.42 Å². The second kappa shape index (κ2) is 7.01. The van der Waals surface area contributed by atoms with Gasteiger partial charge >= 0.3 is 0 Å². The molecule has 4 nitrogen and oxygen atoms in total. The average Bonchev–Trinajstić information content (AvgIpc) is 2.94. The molecule has 0 saturated carbocycles. The number of hydrogen-bond acceptors (Lipinski definition) is 2. The highest BCUT2D eigenvalue weighted by Gasteiger charge is 2.35. The second-order valence-electron chi connectivity index (χ2n) is 5.50. The summed E-state index contributed by atoms with van der Waals surface area (Å²) >= 11 is 17.8. The zero-order valence-corrected chi connectivity index (χ0v) is 14.7. The van der Waals surface area contributed by atoms with Gasteiger partial charge in [-0.25, -0.2) is 0 Å². The molecule has 2 aromatic rings. The van der Waals surface area contributed by atoms with Gasteiger partial charge in [0, 0.05) is 28.7 Å². The first-order valence-electron chi connectivity index (χ1n) is 7.26. The van der Waals surface area contributed by atoms with Gasteiger partial charge in [-0.3, -0.25) is 9.59 Å². The molecule has 1 aliphatic rings. The van der Waals surface area contributed by atoms with Gasteiger partial charge in [0.05, 0.1) is 16.6 Å². The summed E-state index contributed by atoms with van der Waals surface area (Å²) in [6.45, 7) is 0.310. The van der Waals surface area contributed by atoms with Crippen LogP contribution >= 0.6 is 34.8 Å². The van der Waals surface area contributed by atoms with E-state index in [1.807, 2.05) is 0 Å². The molecule has 1 N–H and O–H groups in total. The lowest BCUT2D eigenvalue weighted by atomic mass is 10.1. The first-order chi connectivity index (χ1) is 11.4. The van der Waals surface area contributed by atoms with Crippen LogP contribution in [0.4, 0.5) is 11.4 Å². The molecule has 0 spiro atoms. The lowest BCUT2D eigenvalue weighted by Crippen LogP contribution is -2.28. The van der Waals surface area contributed by atoms with E-state index in [2.05, 4.69) is 5.32 Å². The van der Waals surface area contributed by atoms with Crippen molar-refractivity contribution < 1.29 is 9.59 Å². The van der Waals surface area contributed by atoms with Crippen molar-refractivity contribution in [1.29, 1.82) is 0 Å². The Labute approximate surface area is 154 Å². The molecule has 0 radical (unpaired) electrons. The van der Waals surface area contributed by atoms with Gasteiger partial charge < -0.3 is 10.2 Å².